The SMILES string of the molecule is O=C(COc1ccccc1O)Nc1ccc(Br)cn1. The zero-order valence-electron chi connectivity index (χ0n) is 9.84. The van der Waals surface area contributed by atoms with Crippen LogP contribution in [0.1, 0.15) is 0 Å². The molecule has 2 N–H and O–H groups in total. The Bertz CT molecular complexity index is 572. The molecule has 19 heavy (non-hydrogen) atoms. The van der Waals surface area contributed by atoms with Gasteiger partial charge < -0.3 is 15.2 Å². The van der Waals surface area contributed by atoms with Crippen LogP contribution in [0.25, 0.3) is 0 Å². The Morgan fingerprint density at radius 1 is 1.32 bits per heavy atom. The van der Waals surface area contributed by atoms with Crippen LogP contribution in [0.15, 0.2) is 47.1 Å². The summed E-state index contributed by atoms with van der Waals surface area (Å²) in [4.78, 5) is 15.6. The fourth-order valence-electron chi connectivity index (χ4n) is 1.35. The Labute approximate surface area is 118 Å². The molecule has 0 radical (unpaired) electrons. The summed E-state index contributed by atoms with van der Waals surface area (Å²) in [5, 5.41) is 12.1. The third kappa shape index (κ3) is 3.96. The second-order valence-electron chi connectivity index (χ2n) is 3.67. The molecule has 0 aliphatic rings. The molecule has 1 aromatic heterocycles. The molecule has 0 fully saturated rings. The summed E-state index contributed by atoms with van der Waals surface area (Å²) in [6.45, 7) is -0.199. The van der Waals surface area contributed by atoms with Crippen LogP contribution in [0.2, 0.25) is 0 Å². The molecule has 1 aromatic carbocycles. The van der Waals surface area contributed by atoms with Gasteiger partial charge in [0.05, 0.1) is 0 Å². The molecule has 0 aliphatic heterocycles. The summed E-state index contributed by atoms with van der Waals surface area (Å²) in [6, 6.07) is 9.90. The maximum Gasteiger partial charge on any atom is 0.263 e. The molecular formula is C13H11BrN2O3. The number of hydrogen-bond donors (Lipinski definition) is 2. The second-order valence-corrected chi connectivity index (χ2v) is 4.58. The van der Waals surface area contributed by atoms with Crippen molar-refractivity contribution in [2.24, 2.45) is 0 Å². The van der Waals surface area contributed by atoms with Crippen molar-refractivity contribution in [3.8, 4) is 11.5 Å². The van der Waals surface area contributed by atoms with E-state index in [0.717, 1.165) is 4.47 Å². The van der Waals surface area contributed by atoms with Crippen molar-refractivity contribution in [1.29, 1.82) is 0 Å². The van der Waals surface area contributed by atoms with Gasteiger partial charge in [-0.25, -0.2) is 4.98 Å². The molecule has 0 atom stereocenters. The average molecular weight is 323 g/mol. The van der Waals surface area contributed by atoms with Crippen LogP contribution in [-0.2, 0) is 4.79 Å². The molecule has 0 saturated carbocycles. The highest BCUT2D eigenvalue weighted by molar-refractivity contribution is 9.10. The number of nitrogens with one attached hydrogen (secondary N) is 1. The number of aromatic hydroxyl groups is 1. The first-order chi connectivity index (χ1) is 9.15. The highest BCUT2D eigenvalue weighted by Gasteiger charge is 2.06. The zero-order valence-corrected chi connectivity index (χ0v) is 11.4. The first-order valence-corrected chi connectivity index (χ1v) is 6.26. The predicted octanol–water partition coefficient (Wildman–Crippen LogP) is 2.57. The van der Waals surface area contributed by atoms with E-state index in [1.54, 1.807) is 36.5 Å². The van der Waals surface area contributed by atoms with Gasteiger partial charge in [0.25, 0.3) is 5.91 Å². The maximum atomic E-state index is 11.6. The number of benzene rings is 1. The van der Waals surface area contributed by atoms with Gasteiger partial charge in [-0.3, -0.25) is 4.79 Å². The number of aromatic nitrogens is 1. The topological polar surface area (TPSA) is 71.5 Å². The monoisotopic (exact) mass is 322 g/mol. The Kier molecular flexibility index (Phi) is 4.35. The summed E-state index contributed by atoms with van der Waals surface area (Å²) in [6.07, 6.45) is 1.58. The minimum Gasteiger partial charge on any atom is -0.504 e. The van der Waals surface area contributed by atoms with E-state index in [0.29, 0.717) is 5.82 Å². The molecule has 0 unspecified atom stereocenters. The van der Waals surface area contributed by atoms with Gasteiger partial charge in [0.2, 0.25) is 0 Å². The lowest BCUT2D eigenvalue weighted by molar-refractivity contribution is -0.118. The standard InChI is InChI=1S/C13H11BrN2O3/c14-9-5-6-12(15-7-9)16-13(18)8-19-11-4-2-1-3-10(11)17/h1-7,17H,8H2,(H,15,16,18). The van der Waals surface area contributed by atoms with Gasteiger partial charge in [0.1, 0.15) is 5.82 Å². The van der Waals surface area contributed by atoms with Crippen molar-refractivity contribution in [3.05, 3.63) is 47.1 Å². The largest absolute Gasteiger partial charge is 0.504 e. The number of amides is 1. The highest BCUT2D eigenvalue weighted by atomic mass is 79.9. The Morgan fingerprint density at radius 2 is 2.11 bits per heavy atom. The molecular weight excluding hydrogens is 312 g/mol. The zero-order chi connectivity index (χ0) is 13.7. The van der Waals surface area contributed by atoms with E-state index in [4.69, 9.17) is 4.74 Å². The third-order valence-electron chi connectivity index (χ3n) is 2.22. The summed E-state index contributed by atoms with van der Waals surface area (Å²) < 4.78 is 6.03. The number of phenolic OH excluding ortho intramolecular Hbond substituents is 1. The molecule has 98 valence electrons. The number of phenols is 1. The maximum absolute atomic E-state index is 11.6. The molecule has 0 bridgehead atoms. The van der Waals surface area contributed by atoms with E-state index in [-0.39, 0.29) is 24.0 Å². The lowest BCUT2D eigenvalue weighted by Gasteiger charge is -2.08. The fraction of sp³-hybridized carbons (Fsp3) is 0.0769. The highest BCUT2D eigenvalue weighted by Crippen LogP contribution is 2.24. The van der Waals surface area contributed by atoms with Crippen LogP contribution in [0, 0.1) is 0 Å². The second kappa shape index (κ2) is 6.19. The van der Waals surface area contributed by atoms with Crippen molar-refractivity contribution in [3.63, 3.8) is 0 Å². The molecule has 2 aromatic rings. The van der Waals surface area contributed by atoms with Gasteiger partial charge in [-0.15, -0.1) is 0 Å². The van der Waals surface area contributed by atoms with Gasteiger partial charge in [-0.05, 0) is 40.2 Å². The summed E-state index contributed by atoms with van der Waals surface area (Å²) in [5.74, 6) is 0.352. The number of carbonyl (C=O) groups is 1. The van der Waals surface area contributed by atoms with Crippen LogP contribution in [0.4, 0.5) is 5.82 Å². The van der Waals surface area contributed by atoms with Crippen LogP contribution < -0.4 is 10.1 Å². The summed E-state index contributed by atoms with van der Waals surface area (Å²) >= 11 is 3.25. The fourth-order valence-corrected chi connectivity index (χ4v) is 1.59. The summed E-state index contributed by atoms with van der Waals surface area (Å²) in [5.41, 5.74) is 0. The van der Waals surface area contributed by atoms with Gasteiger partial charge in [0, 0.05) is 10.7 Å². The number of ether oxygens (including phenoxy) is 1. The number of halogens is 1. The molecule has 5 nitrogen and oxygen atoms in total. The van der Waals surface area contributed by atoms with Crippen molar-refractivity contribution in [2.75, 3.05) is 11.9 Å². The number of carbonyl (C=O) groups excluding carboxylic acids is 1. The number of pyridine rings is 1. The van der Waals surface area contributed by atoms with Crippen molar-refractivity contribution >= 4 is 27.7 Å². The van der Waals surface area contributed by atoms with E-state index < -0.39 is 0 Å². The number of nitrogens with zero attached hydrogens (tertiary/aromatic N) is 1. The van der Waals surface area contributed by atoms with Crippen LogP contribution in [0.5, 0.6) is 11.5 Å². The van der Waals surface area contributed by atoms with E-state index in [1.807, 2.05) is 0 Å². The Morgan fingerprint density at radius 3 is 2.79 bits per heavy atom. The summed E-state index contributed by atoms with van der Waals surface area (Å²) in [7, 11) is 0. The van der Waals surface area contributed by atoms with Gasteiger partial charge in [-0.1, -0.05) is 12.1 Å². The first kappa shape index (κ1) is 13.4. The average Bonchev–Trinajstić information content (AvgIpc) is 2.40. The molecule has 0 saturated heterocycles. The smallest absolute Gasteiger partial charge is 0.263 e. The first-order valence-electron chi connectivity index (χ1n) is 5.47. The number of anilines is 1. The third-order valence-corrected chi connectivity index (χ3v) is 2.69. The van der Waals surface area contributed by atoms with E-state index in [1.165, 1.54) is 6.07 Å². The number of rotatable bonds is 4. The van der Waals surface area contributed by atoms with Crippen LogP contribution >= 0.6 is 15.9 Å². The van der Waals surface area contributed by atoms with Crippen molar-refractivity contribution < 1.29 is 14.6 Å². The minimum atomic E-state index is -0.349. The lowest BCUT2D eigenvalue weighted by Crippen LogP contribution is -2.20. The molecule has 1 heterocycles. The normalized spacial score (nSPS) is 9.95. The molecule has 1 amide bonds. The quantitative estimate of drug-likeness (QED) is 0.907. The Hall–Kier alpha value is -2.08. The lowest BCUT2D eigenvalue weighted by atomic mass is 10.3. The van der Waals surface area contributed by atoms with E-state index in [9.17, 15) is 9.90 Å². The molecule has 0 aliphatic carbocycles. The van der Waals surface area contributed by atoms with Gasteiger partial charge in [-0.2, -0.15) is 0 Å². The van der Waals surface area contributed by atoms with Crippen LogP contribution in [0.3, 0.4) is 0 Å². The molecule has 2 rings (SSSR count). The Balaban J connectivity index is 1.88. The molecule has 0 spiro atoms. The molecule has 6 heteroatoms. The van der Waals surface area contributed by atoms with Gasteiger partial charge in [0.15, 0.2) is 18.1 Å². The van der Waals surface area contributed by atoms with Gasteiger partial charge >= 0.3 is 0 Å². The number of hydrogen-bond acceptors (Lipinski definition) is 4. The minimum absolute atomic E-state index is 0.00272. The van der Waals surface area contributed by atoms with Crippen molar-refractivity contribution in [2.45, 2.75) is 0 Å². The van der Waals surface area contributed by atoms with E-state index in [2.05, 4.69) is 26.2 Å². The van der Waals surface area contributed by atoms with Crippen molar-refractivity contribution in [1.82, 2.24) is 4.98 Å². The van der Waals surface area contributed by atoms with Crippen LogP contribution in [-0.4, -0.2) is 22.6 Å². The number of para-hydroxylation sites is 2. The predicted molar refractivity (Wildman–Crippen MR) is 74.2 cm³/mol. The van der Waals surface area contributed by atoms with E-state index >= 15 is 0 Å².